The monoisotopic (exact) mass is 291 g/mol. The van der Waals surface area contributed by atoms with Gasteiger partial charge in [-0.25, -0.2) is 0 Å². The molecule has 21 heavy (non-hydrogen) atoms. The number of nitrogens with one attached hydrogen (secondary N) is 1. The number of aromatic amines is 1. The number of rotatable bonds is 6. The van der Waals surface area contributed by atoms with E-state index in [4.69, 9.17) is 9.84 Å². The molecule has 1 aromatic heterocycles. The number of benzene rings is 1. The van der Waals surface area contributed by atoms with E-state index in [1.54, 1.807) is 0 Å². The maximum absolute atomic E-state index is 8.88. The lowest BCUT2D eigenvalue weighted by atomic mass is 10.1. The molecule has 2 aromatic rings. The average Bonchev–Trinajstić information content (AvgIpc) is 2.83. The summed E-state index contributed by atoms with van der Waals surface area (Å²) in [5, 5.41) is 10.2. The molecule has 2 rings (SSSR count). The third kappa shape index (κ3) is 4.87. The number of para-hydroxylation sites is 1. The van der Waals surface area contributed by atoms with Crippen molar-refractivity contribution >= 4 is 10.9 Å². The van der Waals surface area contributed by atoms with E-state index in [0.717, 1.165) is 32.5 Å². The second-order valence-electron chi connectivity index (χ2n) is 5.03. The molecule has 0 fully saturated rings. The molecule has 0 saturated heterocycles. The molecule has 0 spiro atoms. The largest absolute Gasteiger partial charge is 0.396 e. The van der Waals surface area contributed by atoms with Gasteiger partial charge in [0.2, 0.25) is 0 Å². The lowest BCUT2D eigenvalue weighted by molar-refractivity contribution is 0.162. The van der Waals surface area contributed by atoms with Gasteiger partial charge in [-0.05, 0) is 51.2 Å². The Labute approximate surface area is 128 Å². The van der Waals surface area contributed by atoms with Gasteiger partial charge in [0.25, 0.3) is 0 Å². The van der Waals surface area contributed by atoms with Gasteiger partial charge in [0.15, 0.2) is 0 Å². The number of H-pyrrole nitrogens is 1. The van der Waals surface area contributed by atoms with Crippen molar-refractivity contribution < 1.29 is 9.84 Å². The molecule has 0 aliphatic carbocycles. The predicted molar refractivity (Wildman–Crippen MR) is 90.0 cm³/mol. The van der Waals surface area contributed by atoms with Crippen LogP contribution in [0.4, 0.5) is 0 Å². The Kier molecular flexibility index (Phi) is 8.09. The standard InChI is InChI=1S/C14H19NO.C4H10O/c1-3-11-6-4-7-12-10(2)13(8-5-9-16)15-14(11)12;1-3-5-4-2/h4,6-7,15-16H,3,5,8-9H2,1-2H3;3-4H2,1-2H3. The Morgan fingerprint density at radius 1 is 1.14 bits per heavy atom. The lowest BCUT2D eigenvalue weighted by Gasteiger charge is -1.98. The maximum Gasteiger partial charge on any atom is 0.0491 e. The van der Waals surface area contributed by atoms with Crippen LogP contribution in [0, 0.1) is 6.92 Å². The van der Waals surface area contributed by atoms with Crippen LogP contribution >= 0.6 is 0 Å². The van der Waals surface area contributed by atoms with Crippen LogP contribution in [0.1, 0.15) is 44.0 Å². The van der Waals surface area contributed by atoms with Crippen molar-refractivity contribution in [1.29, 1.82) is 0 Å². The number of aliphatic hydroxyl groups is 1. The van der Waals surface area contributed by atoms with Gasteiger partial charge < -0.3 is 14.8 Å². The zero-order valence-electron chi connectivity index (χ0n) is 13.8. The van der Waals surface area contributed by atoms with Gasteiger partial charge in [0.1, 0.15) is 0 Å². The Balaban J connectivity index is 0.000000383. The molecule has 0 aliphatic rings. The van der Waals surface area contributed by atoms with E-state index in [2.05, 4.69) is 37.0 Å². The van der Waals surface area contributed by atoms with Crippen molar-refractivity contribution in [2.75, 3.05) is 19.8 Å². The van der Waals surface area contributed by atoms with Crippen LogP contribution in [0.3, 0.4) is 0 Å². The normalized spacial score (nSPS) is 10.5. The first-order chi connectivity index (χ1) is 10.2. The third-order valence-electron chi connectivity index (χ3n) is 3.66. The minimum absolute atomic E-state index is 0.259. The van der Waals surface area contributed by atoms with Gasteiger partial charge in [0, 0.05) is 36.4 Å². The summed E-state index contributed by atoms with van der Waals surface area (Å²) < 4.78 is 4.83. The summed E-state index contributed by atoms with van der Waals surface area (Å²) in [5.74, 6) is 0. The van der Waals surface area contributed by atoms with Crippen LogP contribution in [-0.4, -0.2) is 29.9 Å². The van der Waals surface area contributed by atoms with E-state index in [1.165, 1.54) is 27.7 Å². The van der Waals surface area contributed by atoms with Crippen molar-refractivity contribution in [1.82, 2.24) is 4.98 Å². The summed E-state index contributed by atoms with van der Waals surface area (Å²) in [6.07, 6.45) is 2.81. The quantitative estimate of drug-likeness (QED) is 0.844. The number of aromatic nitrogens is 1. The van der Waals surface area contributed by atoms with Crippen LogP contribution < -0.4 is 0 Å². The van der Waals surface area contributed by atoms with Gasteiger partial charge in [0.05, 0.1) is 0 Å². The minimum Gasteiger partial charge on any atom is -0.396 e. The number of aryl methyl sites for hydroxylation is 3. The molecular weight excluding hydrogens is 262 g/mol. The first kappa shape index (κ1) is 17.7. The maximum atomic E-state index is 8.88. The first-order valence-electron chi connectivity index (χ1n) is 7.97. The van der Waals surface area contributed by atoms with Crippen LogP contribution in [0.25, 0.3) is 10.9 Å². The van der Waals surface area contributed by atoms with Crippen molar-refractivity contribution in [3.05, 3.63) is 35.0 Å². The van der Waals surface area contributed by atoms with Gasteiger partial charge in [-0.3, -0.25) is 0 Å². The first-order valence-corrected chi connectivity index (χ1v) is 7.97. The van der Waals surface area contributed by atoms with Crippen LogP contribution in [0.2, 0.25) is 0 Å². The highest BCUT2D eigenvalue weighted by Crippen LogP contribution is 2.25. The fourth-order valence-corrected chi connectivity index (χ4v) is 2.47. The molecule has 1 aromatic carbocycles. The lowest BCUT2D eigenvalue weighted by Crippen LogP contribution is -1.91. The third-order valence-corrected chi connectivity index (χ3v) is 3.66. The molecule has 0 radical (unpaired) electrons. The topological polar surface area (TPSA) is 45.2 Å². The van der Waals surface area contributed by atoms with Crippen LogP contribution in [-0.2, 0) is 17.6 Å². The summed E-state index contributed by atoms with van der Waals surface area (Å²) in [6.45, 7) is 10.3. The molecule has 0 bridgehead atoms. The van der Waals surface area contributed by atoms with Crippen molar-refractivity contribution in [2.45, 2.75) is 47.0 Å². The highest BCUT2D eigenvalue weighted by molar-refractivity contribution is 5.87. The smallest absolute Gasteiger partial charge is 0.0491 e. The molecule has 0 amide bonds. The Morgan fingerprint density at radius 3 is 2.38 bits per heavy atom. The highest BCUT2D eigenvalue weighted by Gasteiger charge is 2.09. The molecule has 3 nitrogen and oxygen atoms in total. The highest BCUT2D eigenvalue weighted by atomic mass is 16.5. The van der Waals surface area contributed by atoms with Gasteiger partial charge in [-0.15, -0.1) is 0 Å². The van der Waals surface area contributed by atoms with E-state index in [9.17, 15) is 0 Å². The van der Waals surface area contributed by atoms with E-state index in [0.29, 0.717) is 0 Å². The number of ether oxygens (including phenoxy) is 1. The molecule has 0 aliphatic heterocycles. The number of fused-ring (bicyclic) bond motifs is 1. The average molecular weight is 291 g/mol. The van der Waals surface area contributed by atoms with Crippen LogP contribution in [0.15, 0.2) is 18.2 Å². The Morgan fingerprint density at radius 2 is 1.86 bits per heavy atom. The molecule has 118 valence electrons. The van der Waals surface area contributed by atoms with Crippen molar-refractivity contribution in [3.63, 3.8) is 0 Å². The molecule has 0 saturated carbocycles. The predicted octanol–water partition coefficient (Wildman–Crippen LogP) is 4.01. The van der Waals surface area contributed by atoms with E-state index >= 15 is 0 Å². The summed E-state index contributed by atoms with van der Waals surface area (Å²) >= 11 is 0. The summed E-state index contributed by atoms with van der Waals surface area (Å²) in [5.41, 5.74) is 5.25. The minimum atomic E-state index is 0.259. The SMILES string of the molecule is CCOCC.CCc1cccc2c(C)c(CCCO)[nH]c12. The second-order valence-corrected chi connectivity index (χ2v) is 5.03. The fraction of sp³-hybridized carbons (Fsp3) is 0.556. The van der Waals surface area contributed by atoms with Crippen molar-refractivity contribution in [3.8, 4) is 0 Å². The molecule has 2 N–H and O–H groups in total. The van der Waals surface area contributed by atoms with Gasteiger partial charge in [-0.1, -0.05) is 25.1 Å². The van der Waals surface area contributed by atoms with Crippen molar-refractivity contribution in [2.24, 2.45) is 0 Å². The zero-order chi connectivity index (χ0) is 15.7. The fourth-order valence-electron chi connectivity index (χ4n) is 2.47. The zero-order valence-corrected chi connectivity index (χ0v) is 13.8. The molecule has 1 heterocycles. The van der Waals surface area contributed by atoms with Gasteiger partial charge in [-0.2, -0.15) is 0 Å². The molecule has 3 heteroatoms. The van der Waals surface area contributed by atoms with E-state index in [1.807, 2.05) is 13.8 Å². The number of aliphatic hydroxyl groups excluding tert-OH is 1. The summed E-state index contributed by atoms with van der Waals surface area (Å²) in [7, 11) is 0. The summed E-state index contributed by atoms with van der Waals surface area (Å²) in [4.78, 5) is 3.51. The molecular formula is C18H29NO2. The Hall–Kier alpha value is -1.32. The molecule has 0 atom stereocenters. The van der Waals surface area contributed by atoms with Gasteiger partial charge >= 0.3 is 0 Å². The van der Waals surface area contributed by atoms with E-state index in [-0.39, 0.29) is 6.61 Å². The number of hydrogen-bond acceptors (Lipinski definition) is 2. The van der Waals surface area contributed by atoms with Crippen LogP contribution in [0.5, 0.6) is 0 Å². The molecule has 0 unspecified atom stereocenters. The number of hydrogen-bond donors (Lipinski definition) is 2. The second kappa shape index (κ2) is 9.59. The van der Waals surface area contributed by atoms with E-state index < -0.39 is 0 Å². The Bertz CT molecular complexity index is 529. The summed E-state index contributed by atoms with van der Waals surface area (Å²) in [6, 6.07) is 6.47.